The van der Waals surface area contributed by atoms with Gasteiger partial charge in [-0.2, -0.15) is 0 Å². The molecule has 3 aliphatic heterocycles. The molecular formula is C34H24ClN3O5. The van der Waals surface area contributed by atoms with Crippen molar-refractivity contribution in [3.63, 3.8) is 0 Å². The Morgan fingerprint density at radius 2 is 1.63 bits per heavy atom. The maximum atomic E-state index is 14.9. The number of ketones is 2. The highest BCUT2D eigenvalue weighted by Crippen LogP contribution is 2.58. The minimum atomic E-state index is -1.51. The second kappa shape index (κ2) is 9.74. The summed E-state index contributed by atoms with van der Waals surface area (Å²) in [7, 11) is 0. The summed E-state index contributed by atoms with van der Waals surface area (Å²) in [6.45, 7) is 1.95. The number of allylic oxidation sites excluding steroid dienone is 1. The molecule has 0 bridgehead atoms. The van der Waals surface area contributed by atoms with Crippen molar-refractivity contribution in [1.82, 2.24) is 0 Å². The Morgan fingerprint density at radius 3 is 2.40 bits per heavy atom. The molecule has 212 valence electrons. The molecular weight excluding hydrogens is 566 g/mol. The molecule has 0 aliphatic carbocycles. The molecule has 7 rings (SSSR count). The van der Waals surface area contributed by atoms with E-state index in [1.807, 2.05) is 54.3 Å². The van der Waals surface area contributed by atoms with Crippen LogP contribution in [0.3, 0.4) is 0 Å². The maximum Gasteiger partial charge on any atom is 0.270 e. The second-order valence-electron chi connectivity index (χ2n) is 11.1. The van der Waals surface area contributed by atoms with Crippen LogP contribution in [0.5, 0.6) is 0 Å². The van der Waals surface area contributed by atoms with E-state index in [1.54, 1.807) is 36.4 Å². The van der Waals surface area contributed by atoms with Gasteiger partial charge in [0, 0.05) is 45.2 Å². The molecule has 4 atom stereocenters. The van der Waals surface area contributed by atoms with E-state index in [-0.39, 0.29) is 17.0 Å². The minimum Gasteiger partial charge on any atom is -0.352 e. The molecule has 0 saturated carbocycles. The number of benzene rings is 4. The number of hydrogen-bond acceptors (Lipinski definition) is 6. The largest absolute Gasteiger partial charge is 0.352 e. The number of hydrogen-bond donors (Lipinski definition) is 1. The van der Waals surface area contributed by atoms with Crippen LogP contribution in [0.4, 0.5) is 17.1 Å². The van der Waals surface area contributed by atoms with E-state index in [4.69, 9.17) is 11.6 Å². The lowest BCUT2D eigenvalue weighted by Gasteiger charge is -2.39. The Bertz CT molecular complexity index is 1900. The summed E-state index contributed by atoms with van der Waals surface area (Å²) in [5.74, 6) is -2.52. The van der Waals surface area contributed by atoms with Gasteiger partial charge in [-0.15, -0.1) is 0 Å². The van der Waals surface area contributed by atoms with Gasteiger partial charge in [-0.3, -0.25) is 24.5 Å². The molecule has 9 heteroatoms. The number of nitro groups is 1. The number of rotatable bonds is 5. The number of fused-ring (bicyclic) bond motifs is 6. The van der Waals surface area contributed by atoms with Gasteiger partial charge in [0.2, 0.25) is 5.91 Å². The number of nitrogens with zero attached hydrogens (tertiary/aromatic N) is 2. The van der Waals surface area contributed by atoms with Gasteiger partial charge >= 0.3 is 0 Å². The van der Waals surface area contributed by atoms with E-state index >= 15 is 0 Å². The minimum absolute atomic E-state index is 0.0542. The van der Waals surface area contributed by atoms with Crippen LogP contribution >= 0.6 is 11.6 Å². The number of nitro benzene ring substituents is 1. The number of amides is 1. The fourth-order valence-corrected chi connectivity index (χ4v) is 7.25. The molecule has 0 aromatic heterocycles. The summed E-state index contributed by atoms with van der Waals surface area (Å²) in [5, 5.41) is 15.1. The highest BCUT2D eigenvalue weighted by atomic mass is 35.5. The van der Waals surface area contributed by atoms with Gasteiger partial charge in [0.1, 0.15) is 11.5 Å². The number of nitrogens with one attached hydrogen (secondary N) is 1. The van der Waals surface area contributed by atoms with E-state index < -0.39 is 40.0 Å². The Labute approximate surface area is 251 Å². The van der Waals surface area contributed by atoms with Crippen molar-refractivity contribution in [2.75, 3.05) is 10.2 Å². The zero-order chi connectivity index (χ0) is 30.0. The average Bonchev–Trinajstić information content (AvgIpc) is 3.49. The SMILES string of the molecule is CC1=C[C@@H]2N(c3ccccc31)[C@@H](C(=O)c1ccc(Cl)cc1)[C@H](C(=O)c1cccc([N+](=O)[O-])c1)[C@@]21C(=O)Nc2ccccc21. The molecule has 1 N–H and O–H groups in total. The topological polar surface area (TPSA) is 110 Å². The number of non-ortho nitro benzene ring substituents is 1. The lowest BCUT2D eigenvalue weighted by molar-refractivity contribution is -0.384. The highest BCUT2D eigenvalue weighted by Gasteiger charge is 2.70. The van der Waals surface area contributed by atoms with Crippen molar-refractivity contribution in [2.24, 2.45) is 5.92 Å². The van der Waals surface area contributed by atoms with Crippen LogP contribution in [-0.4, -0.2) is 34.5 Å². The molecule has 8 nitrogen and oxygen atoms in total. The van der Waals surface area contributed by atoms with E-state index in [2.05, 4.69) is 5.32 Å². The van der Waals surface area contributed by atoms with Crippen molar-refractivity contribution in [2.45, 2.75) is 24.4 Å². The quantitative estimate of drug-likeness (QED) is 0.162. The van der Waals surface area contributed by atoms with Gasteiger partial charge in [0.25, 0.3) is 5.69 Å². The van der Waals surface area contributed by atoms with Crippen LogP contribution in [0.15, 0.2) is 103 Å². The van der Waals surface area contributed by atoms with Gasteiger partial charge in [0.15, 0.2) is 11.6 Å². The zero-order valence-corrected chi connectivity index (χ0v) is 23.6. The average molecular weight is 590 g/mol. The van der Waals surface area contributed by atoms with E-state index in [1.165, 1.54) is 24.3 Å². The van der Waals surface area contributed by atoms with Gasteiger partial charge < -0.3 is 10.2 Å². The highest BCUT2D eigenvalue weighted by molar-refractivity contribution is 6.30. The smallest absolute Gasteiger partial charge is 0.270 e. The predicted molar refractivity (Wildman–Crippen MR) is 164 cm³/mol. The fraction of sp³-hybridized carbons (Fsp3) is 0.147. The molecule has 1 saturated heterocycles. The Hall–Kier alpha value is -5.08. The van der Waals surface area contributed by atoms with E-state index in [0.29, 0.717) is 21.8 Å². The van der Waals surface area contributed by atoms with Crippen LogP contribution in [0.1, 0.15) is 38.8 Å². The van der Waals surface area contributed by atoms with Crippen LogP contribution in [-0.2, 0) is 10.2 Å². The van der Waals surface area contributed by atoms with Crippen molar-refractivity contribution in [3.8, 4) is 0 Å². The summed E-state index contributed by atoms with van der Waals surface area (Å²) in [4.78, 5) is 57.0. The lowest BCUT2D eigenvalue weighted by atomic mass is 9.64. The van der Waals surface area contributed by atoms with Crippen LogP contribution in [0.2, 0.25) is 5.02 Å². The molecule has 1 spiro atoms. The Morgan fingerprint density at radius 1 is 0.907 bits per heavy atom. The first-order valence-corrected chi connectivity index (χ1v) is 14.2. The number of carbonyl (C=O) groups excluding carboxylic acids is 3. The van der Waals surface area contributed by atoms with Crippen LogP contribution < -0.4 is 10.2 Å². The van der Waals surface area contributed by atoms with E-state index in [9.17, 15) is 24.5 Å². The molecule has 0 radical (unpaired) electrons. The predicted octanol–water partition coefficient (Wildman–Crippen LogP) is 6.49. The van der Waals surface area contributed by atoms with Gasteiger partial charge in [-0.1, -0.05) is 66.2 Å². The standard InChI is InChI=1S/C34H24ClN3O5/c1-19-17-28-34(25-10-3-4-11-26(25)36-33(34)41)29(31(39)21-7-6-8-23(18-21)38(42)43)30(32(40)20-13-15-22(35)16-14-20)37(28)27-12-5-2-9-24(19)27/h2-18,28-30H,1H3,(H,36,41)/t28-,29+,30+,34-/m0/s1. The summed E-state index contributed by atoms with van der Waals surface area (Å²) < 4.78 is 0. The number of para-hydroxylation sites is 2. The summed E-state index contributed by atoms with van der Waals surface area (Å²) in [5.41, 5.74) is 2.31. The summed E-state index contributed by atoms with van der Waals surface area (Å²) in [6, 6.07) is 24.9. The zero-order valence-electron chi connectivity index (χ0n) is 22.9. The monoisotopic (exact) mass is 589 g/mol. The van der Waals surface area contributed by atoms with Gasteiger partial charge in [-0.05, 0) is 54.5 Å². The Balaban J connectivity index is 1.55. The van der Waals surface area contributed by atoms with E-state index in [0.717, 1.165) is 16.8 Å². The number of Topliss-reactive ketones (excluding diaryl/α,β-unsaturated/α-hetero) is 2. The fourth-order valence-electron chi connectivity index (χ4n) is 7.12. The molecule has 1 amide bonds. The molecule has 4 aromatic rings. The second-order valence-corrected chi connectivity index (χ2v) is 11.5. The van der Waals surface area contributed by atoms with Crippen LogP contribution in [0, 0.1) is 16.0 Å². The number of carbonyl (C=O) groups is 3. The van der Waals surface area contributed by atoms with Crippen molar-refractivity contribution in [3.05, 3.63) is 141 Å². The third kappa shape index (κ3) is 3.79. The maximum absolute atomic E-state index is 14.9. The van der Waals surface area contributed by atoms with Crippen LogP contribution in [0.25, 0.3) is 5.57 Å². The summed E-state index contributed by atoms with van der Waals surface area (Å²) in [6.07, 6.45) is 1.97. The third-order valence-electron chi connectivity index (χ3n) is 8.91. The summed E-state index contributed by atoms with van der Waals surface area (Å²) >= 11 is 6.15. The molecule has 4 aromatic carbocycles. The van der Waals surface area contributed by atoms with Gasteiger partial charge in [-0.25, -0.2) is 0 Å². The first-order valence-electron chi connectivity index (χ1n) is 13.8. The number of anilines is 2. The molecule has 43 heavy (non-hydrogen) atoms. The first kappa shape index (κ1) is 26.8. The van der Waals surface area contributed by atoms with Crippen molar-refractivity contribution >= 4 is 51.7 Å². The molecule has 3 heterocycles. The Kier molecular flexibility index (Phi) is 6.07. The molecule has 1 fully saturated rings. The lowest BCUT2D eigenvalue weighted by Crippen LogP contribution is -2.51. The van der Waals surface area contributed by atoms with Crippen molar-refractivity contribution in [1.29, 1.82) is 0 Å². The molecule has 0 unspecified atom stereocenters. The van der Waals surface area contributed by atoms with Crippen molar-refractivity contribution < 1.29 is 19.3 Å². The third-order valence-corrected chi connectivity index (χ3v) is 9.16. The molecule has 3 aliphatic rings. The first-order chi connectivity index (χ1) is 20.7. The number of halogens is 1. The van der Waals surface area contributed by atoms with Gasteiger partial charge in [0.05, 0.1) is 16.9 Å². The normalized spacial score (nSPS) is 23.2.